The standard InChI is InChI=1S/C17H17N5O4/c1-11-10-22-13(15(23)18-11)9-12(19-22)16(24)20-4-6-21(7-5-20)17(25)14-3-2-8-26-14/h2-3,8-10H,4-7H2,1H3,(H,18,23). The second-order valence-corrected chi connectivity index (χ2v) is 6.19. The number of H-pyrrole nitrogens is 1. The highest BCUT2D eigenvalue weighted by atomic mass is 16.3. The van der Waals surface area contributed by atoms with E-state index >= 15 is 0 Å². The summed E-state index contributed by atoms with van der Waals surface area (Å²) in [7, 11) is 0. The molecule has 0 saturated carbocycles. The second kappa shape index (κ2) is 6.17. The zero-order valence-corrected chi connectivity index (χ0v) is 14.1. The van der Waals surface area contributed by atoms with Crippen LogP contribution in [-0.2, 0) is 0 Å². The van der Waals surface area contributed by atoms with Crippen molar-refractivity contribution in [3.8, 4) is 0 Å². The van der Waals surface area contributed by atoms with Crippen molar-refractivity contribution in [2.45, 2.75) is 6.92 Å². The Hall–Kier alpha value is -3.36. The number of amides is 2. The summed E-state index contributed by atoms with van der Waals surface area (Å²) in [5.41, 5.74) is 0.914. The van der Waals surface area contributed by atoms with E-state index in [2.05, 4.69) is 10.1 Å². The largest absolute Gasteiger partial charge is 0.459 e. The van der Waals surface area contributed by atoms with Crippen molar-refractivity contribution in [3.63, 3.8) is 0 Å². The fourth-order valence-corrected chi connectivity index (χ4v) is 3.06. The fourth-order valence-electron chi connectivity index (χ4n) is 3.06. The van der Waals surface area contributed by atoms with Gasteiger partial charge in [-0.05, 0) is 19.1 Å². The van der Waals surface area contributed by atoms with Crippen LogP contribution in [0.2, 0.25) is 0 Å². The molecule has 0 spiro atoms. The van der Waals surface area contributed by atoms with Gasteiger partial charge in [-0.25, -0.2) is 4.52 Å². The van der Waals surface area contributed by atoms with E-state index in [1.54, 1.807) is 35.1 Å². The maximum Gasteiger partial charge on any atom is 0.289 e. The molecular weight excluding hydrogens is 338 g/mol. The lowest BCUT2D eigenvalue weighted by Crippen LogP contribution is -2.50. The van der Waals surface area contributed by atoms with Gasteiger partial charge in [-0.1, -0.05) is 0 Å². The third-order valence-corrected chi connectivity index (χ3v) is 4.40. The minimum absolute atomic E-state index is 0.183. The summed E-state index contributed by atoms with van der Waals surface area (Å²) in [6, 6.07) is 4.77. The summed E-state index contributed by atoms with van der Waals surface area (Å²) in [5, 5.41) is 4.21. The van der Waals surface area contributed by atoms with Crippen LogP contribution in [0.4, 0.5) is 0 Å². The van der Waals surface area contributed by atoms with E-state index in [9.17, 15) is 14.4 Å². The number of carbonyl (C=O) groups is 2. The molecule has 0 aromatic carbocycles. The Bertz CT molecular complexity index is 1030. The molecule has 1 aliphatic heterocycles. The number of furan rings is 1. The number of aromatic amines is 1. The Balaban J connectivity index is 1.48. The molecule has 0 aliphatic carbocycles. The molecule has 3 aromatic rings. The number of nitrogens with one attached hydrogen (secondary N) is 1. The van der Waals surface area contributed by atoms with Gasteiger partial charge in [0.25, 0.3) is 17.4 Å². The molecule has 1 N–H and O–H groups in total. The Morgan fingerprint density at radius 3 is 2.50 bits per heavy atom. The van der Waals surface area contributed by atoms with Crippen LogP contribution in [0.5, 0.6) is 0 Å². The monoisotopic (exact) mass is 355 g/mol. The molecule has 0 unspecified atom stereocenters. The smallest absolute Gasteiger partial charge is 0.289 e. The number of aromatic nitrogens is 3. The summed E-state index contributed by atoms with van der Waals surface area (Å²) in [6.45, 7) is 3.37. The number of aryl methyl sites for hydroxylation is 1. The molecule has 4 heterocycles. The van der Waals surface area contributed by atoms with E-state index < -0.39 is 0 Å². The zero-order valence-electron chi connectivity index (χ0n) is 14.1. The van der Waals surface area contributed by atoms with Crippen LogP contribution in [0.1, 0.15) is 26.7 Å². The topological polar surface area (TPSA) is 104 Å². The minimum Gasteiger partial charge on any atom is -0.459 e. The average molecular weight is 355 g/mol. The van der Waals surface area contributed by atoms with E-state index in [0.717, 1.165) is 0 Å². The Kier molecular flexibility index (Phi) is 3.83. The van der Waals surface area contributed by atoms with Gasteiger partial charge in [0, 0.05) is 44.1 Å². The molecular formula is C17H17N5O4. The summed E-state index contributed by atoms with van der Waals surface area (Å²) >= 11 is 0. The van der Waals surface area contributed by atoms with Crippen molar-refractivity contribution < 1.29 is 14.0 Å². The van der Waals surface area contributed by atoms with Crippen LogP contribution in [0, 0.1) is 6.92 Å². The third-order valence-electron chi connectivity index (χ3n) is 4.40. The number of hydrogen-bond acceptors (Lipinski definition) is 5. The second-order valence-electron chi connectivity index (χ2n) is 6.19. The summed E-state index contributed by atoms with van der Waals surface area (Å²) in [6.07, 6.45) is 3.12. The van der Waals surface area contributed by atoms with E-state index in [0.29, 0.717) is 43.1 Å². The van der Waals surface area contributed by atoms with Crippen molar-refractivity contribution in [2.75, 3.05) is 26.2 Å². The van der Waals surface area contributed by atoms with Crippen LogP contribution in [0.25, 0.3) is 5.52 Å². The van der Waals surface area contributed by atoms with Gasteiger partial charge in [0.1, 0.15) is 5.52 Å². The van der Waals surface area contributed by atoms with Crippen LogP contribution in [0.15, 0.2) is 39.9 Å². The molecule has 9 heteroatoms. The van der Waals surface area contributed by atoms with Crippen LogP contribution >= 0.6 is 0 Å². The van der Waals surface area contributed by atoms with Crippen LogP contribution in [-0.4, -0.2) is 62.4 Å². The molecule has 9 nitrogen and oxygen atoms in total. The van der Waals surface area contributed by atoms with Gasteiger partial charge in [-0.2, -0.15) is 5.10 Å². The summed E-state index contributed by atoms with van der Waals surface area (Å²) in [4.78, 5) is 42.9. The molecule has 4 rings (SSSR count). The number of rotatable bonds is 2. The van der Waals surface area contributed by atoms with Crippen molar-refractivity contribution in [2.24, 2.45) is 0 Å². The van der Waals surface area contributed by atoms with Gasteiger partial charge in [0.2, 0.25) is 0 Å². The molecule has 134 valence electrons. The van der Waals surface area contributed by atoms with Crippen molar-refractivity contribution >= 4 is 17.3 Å². The highest BCUT2D eigenvalue weighted by molar-refractivity contribution is 5.94. The van der Waals surface area contributed by atoms with Gasteiger partial charge in [0.15, 0.2) is 11.5 Å². The molecule has 1 fully saturated rings. The quantitative estimate of drug-likeness (QED) is 0.722. The van der Waals surface area contributed by atoms with E-state index in [4.69, 9.17) is 4.42 Å². The third kappa shape index (κ3) is 2.77. The Labute approximate surface area is 147 Å². The van der Waals surface area contributed by atoms with Crippen LogP contribution in [0.3, 0.4) is 0 Å². The first-order chi connectivity index (χ1) is 12.5. The molecule has 2 amide bonds. The zero-order chi connectivity index (χ0) is 18.3. The summed E-state index contributed by atoms with van der Waals surface area (Å²) < 4.78 is 6.54. The molecule has 1 saturated heterocycles. The lowest BCUT2D eigenvalue weighted by atomic mass is 10.2. The van der Waals surface area contributed by atoms with Crippen molar-refractivity contribution in [1.29, 1.82) is 0 Å². The summed E-state index contributed by atoms with van der Waals surface area (Å²) in [5.74, 6) is -0.146. The van der Waals surface area contributed by atoms with Gasteiger partial charge < -0.3 is 19.2 Å². The average Bonchev–Trinajstić information content (AvgIpc) is 3.30. The van der Waals surface area contributed by atoms with Gasteiger partial charge >= 0.3 is 0 Å². The molecule has 3 aromatic heterocycles. The van der Waals surface area contributed by atoms with Gasteiger partial charge in [-0.15, -0.1) is 0 Å². The molecule has 1 aliphatic rings. The lowest BCUT2D eigenvalue weighted by Gasteiger charge is -2.33. The minimum atomic E-state index is -0.287. The normalized spacial score (nSPS) is 14.8. The first-order valence-electron chi connectivity index (χ1n) is 8.24. The predicted octanol–water partition coefficient (Wildman–Crippen LogP) is 0.522. The van der Waals surface area contributed by atoms with Crippen molar-refractivity contribution in [1.82, 2.24) is 24.4 Å². The maximum atomic E-state index is 12.7. The number of nitrogens with zero attached hydrogens (tertiary/aromatic N) is 4. The number of fused-ring (bicyclic) bond motifs is 1. The van der Waals surface area contributed by atoms with E-state index in [1.807, 2.05) is 0 Å². The van der Waals surface area contributed by atoms with E-state index in [1.165, 1.54) is 16.8 Å². The Morgan fingerprint density at radius 2 is 1.85 bits per heavy atom. The lowest BCUT2D eigenvalue weighted by molar-refractivity contribution is 0.0515. The molecule has 0 radical (unpaired) electrons. The number of piperazine rings is 1. The van der Waals surface area contributed by atoms with Crippen LogP contribution < -0.4 is 5.56 Å². The van der Waals surface area contributed by atoms with Gasteiger partial charge in [0.05, 0.1) is 6.26 Å². The highest BCUT2D eigenvalue weighted by Crippen LogP contribution is 2.12. The molecule has 0 bridgehead atoms. The Morgan fingerprint density at radius 1 is 1.15 bits per heavy atom. The predicted molar refractivity (Wildman–Crippen MR) is 91.1 cm³/mol. The SMILES string of the molecule is Cc1cn2nc(C(=O)N3CCN(C(=O)c4ccco4)CC3)cc2c(=O)[nH]1. The van der Waals surface area contributed by atoms with E-state index in [-0.39, 0.29) is 23.1 Å². The first kappa shape index (κ1) is 16.1. The highest BCUT2D eigenvalue weighted by Gasteiger charge is 2.27. The maximum absolute atomic E-state index is 12.7. The molecule has 26 heavy (non-hydrogen) atoms. The fraction of sp³-hybridized carbons (Fsp3) is 0.294. The first-order valence-corrected chi connectivity index (χ1v) is 8.24. The number of hydrogen-bond donors (Lipinski definition) is 1. The number of carbonyl (C=O) groups excluding carboxylic acids is 2. The van der Waals surface area contributed by atoms with Gasteiger partial charge in [-0.3, -0.25) is 14.4 Å². The molecule has 0 atom stereocenters. The van der Waals surface area contributed by atoms with Crippen molar-refractivity contribution in [3.05, 3.63) is 58.2 Å².